The van der Waals surface area contributed by atoms with Crippen LogP contribution < -0.4 is 0 Å². The molecule has 2 aromatic carbocycles. The van der Waals surface area contributed by atoms with Gasteiger partial charge in [-0.15, -0.1) is 0 Å². The molecule has 150 valence electrons. The molecule has 4 aromatic rings. The first-order valence-electron chi connectivity index (χ1n) is 10.0. The predicted octanol–water partition coefficient (Wildman–Crippen LogP) is 6.72. The van der Waals surface area contributed by atoms with Crippen LogP contribution in [-0.4, -0.2) is 21.0 Å². The Balaban J connectivity index is 1.58. The first kappa shape index (κ1) is 18.8. The fourth-order valence-electron chi connectivity index (χ4n) is 3.92. The van der Waals surface area contributed by atoms with Gasteiger partial charge in [-0.3, -0.25) is 9.67 Å². The maximum absolute atomic E-state index is 14.4. The third kappa shape index (κ3) is 3.25. The molecule has 0 amide bonds. The Bertz CT molecular complexity index is 1290. The van der Waals surface area contributed by atoms with Gasteiger partial charge in [0.1, 0.15) is 5.82 Å². The molecule has 0 spiro atoms. The van der Waals surface area contributed by atoms with Crippen molar-refractivity contribution in [2.45, 2.75) is 26.3 Å². The van der Waals surface area contributed by atoms with Crippen LogP contribution in [0.25, 0.3) is 39.0 Å². The molecule has 0 aliphatic carbocycles. The van der Waals surface area contributed by atoms with E-state index in [1.807, 2.05) is 29.2 Å². The van der Waals surface area contributed by atoms with Gasteiger partial charge in [-0.1, -0.05) is 23.7 Å². The van der Waals surface area contributed by atoms with Crippen LogP contribution in [0.1, 0.15) is 25.5 Å². The lowest BCUT2D eigenvalue weighted by atomic mass is 10.0. The highest BCUT2D eigenvalue weighted by Gasteiger charge is 2.16. The molecular weight excluding hydrogens is 399 g/mol. The van der Waals surface area contributed by atoms with E-state index >= 15 is 0 Å². The standard InChI is InChI=1S/C24H20ClFN4/c1-2-30-23(13-21(29-30)16-5-4-10-27-14-16)15-8-9-20-17(11-15)12-22(28-20)24-18(25)6-3-7-19(24)26/h3,6-14,28H,2,4-5H2,1H3. The lowest BCUT2D eigenvalue weighted by molar-refractivity contribution is 0.631. The summed E-state index contributed by atoms with van der Waals surface area (Å²) in [7, 11) is 0. The van der Waals surface area contributed by atoms with Crippen LogP contribution in [0.4, 0.5) is 4.39 Å². The van der Waals surface area contributed by atoms with E-state index in [2.05, 4.69) is 35.1 Å². The second-order valence-corrected chi connectivity index (χ2v) is 7.74. The normalized spacial score (nSPS) is 13.8. The lowest BCUT2D eigenvalue weighted by Gasteiger charge is -2.05. The molecule has 0 radical (unpaired) electrons. The molecule has 6 heteroatoms. The number of aromatic amines is 1. The maximum atomic E-state index is 14.4. The number of aliphatic imine (C=N–C) groups is 1. The van der Waals surface area contributed by atoms with Crippen LogP contribution in [0, 0.1) is 5.82 Å². The molecule has 1 N–H and O–H groups in total. The van der Waals surface area contributed by atoms with E-state index in [1.54, 1.807) is 12.1 Å². The Morgan fingerprint density at radius 1 is 1.17 bits per heavy atom. The van der Waals surface area contributed by atoms with Gasteiger partial charge in [-0.2, -0.15) is 5.10 Å². The topological polar surface area (TPSA) is 46.0 Å². The second kappa shape index (κ2) is 7.58. The van der Waals surface area contributed by atoms with Gasteiger partial charge in [0.15, 0.2) is 0 Å². The molecular formula is C24H20ClFN4. The number of H-pyrrole nitrogens is 1. The van der Waals surface area contributed by atoms with Gasteiger partial charge in [0, 0.05) is 35.4 Å². The summed E-state index contributed by atoms with van der Waals surface area (Å²) in [6.07, 6.45) is 5.72. The smallest absolute Gasteiger partial charge is 0.134 e. The predicted molar refractivity (Wildman–Crippen MR) is 121 cm³/mol. The van der Waals surface area contributed by atoms with Crippen LogP contribution in [-0.2, 0) is 6.54 Å². The number of halogens is 2. The number of fused-ring (bicyclic) bond motifs is 1. The van der Waals surface area contributed by atoms with E-state index < -0.39 is 0 Å². The number of nitrogens with one attached hydrogen (secondary N) is 1. The van der Waals surface area contributed by atoms with Crippen molar-refractivity contribution in [2.24, 2.45) is 4.99 Å². The van der Waals surface area contributed by atoms with Crippen LogP contribution in [0.5, 0.6) is 0 Å². The zero-order chi connectivity index (χ0) is 20.7. The number of hydrogen-bond acceptors (Lipinski definition) is 2. The fraction of sp³-hybridized carbons (Fsp3) is 0.167. The second-order valence-electron chi connectivity index (χ2n) is 7.34. The Labute approximate surface area is 178 Å². The highest BCUT2D eigenvalue weighted by molar-refractivity contribution is 6.33. The lowest BCUT2D eigenvalue weighted by Crippen LogP contribution is -2.00. The van der Waals surface area contributed by atoms with Crippen LogP contribution in [0.15, 0.2) is 59.7 Å². The van der Waals surface area contributed by atoms with Gasteiger partial charge in [0.2, 0.25) is 0 Å². The molecule has 0 saturated carbocycles. The summed E-state index contributed by atoms with van der Waals surface area (Å²) in [5, 5.41) is 6.17. The Morgan fingerprint density at radius 3 is 2.83 bits per heavy atom. The maximum Gasteiger partial charge on any atom is 0.134 e. The van der Waals surface area contributed by atoms with E-state index in [9.17, 15) is 4.39 Å². The molecule has 0 fully saturated rings. The van der Waals surface area contributed by atoms with Crippen molar-refractivity contribution in [1.29, 1.82) is 0 Å². The molecule has 5 rings (SSSR count). The fourth-order valence-corrected chi connectivity index (χ4v) is 4.19. The summed E-state index contributed by atoms with van der Waals surface area (Å²) in [5.41, 5.74) is 6.23. The van der Waals surface area contributed by atoms with Crippen molar-refractivity contribution in [3.63, 3.8) is 0 Å². The number of benzene rings is 2. The highest BCUT2D eigenvalue weighted by atomic mass is 35.5. The molecule has 3 heterocycles. The summed E-state index contributed by atoms with van der Waals surface area (Å²) < 4.78 is 16.4. The molecule has 1 aliphatic heterocycles. The van der Waals surface area contributed by atoms with Crippen LogP contribution in [0.2, 0.25) is 5.02 Å². The SMILES string of the molecule is CCn1nc(C2=CN=CCC2)cc1-c1ccc2[nH]c(-c3c(F)cccc3Cl)cc2c1. The van der Waals surface area contributed by atoms with Gasteiger partial charge >= 0.3 is 0 Å². The molecule has 0 atom stereocenters. The molecule has 0 unspecified atom stereocenters. The van der Waals surface area contributed by atoms with Gasteiger partial charge < -0.3 is 4.98 Å². The van der Waals surface area contributed by atoms with E-state index in [0.29, 0.717) is 16.3 Å². The minimum absolute atomic E-state index is 0.341. The van der Waals surface area contributed by atoms with Crippen molar-refractivity contribution < 1.29 is 4.39 Å². The summed E-state index contributed by atoms with van der Waals surface area (Å²) in [6, 6.07) is 15.0. The molecule has 2 aromatic heterocycles. The van der Waals surface area contributed by atoms with Crippen LogP contribution >= 0.6 is 11.6 Å². The molecule has 4 nitrogen and oxygen atoms in total. The number of aryl methyl sites for hydroxylation is 1. The Morgan fingerprint density at radius 2 is 2.07 bits per heavy atom. The molecule has 0 bridgehead atoms. The zero-order valence-corrected chi connectivity index (χ0v) is 17.2. The molecule has 0 saturated heterocycles. The number of allylic oxidation sites excluding steroid dienone is 1. The van der Waals surface area contributed by atoms with Crippen LogP contribution in [0.3, 0.4) is 0 Å². The van der Waals surface area contributed by atoms with Gasteiger partial charge in [-0.25, -0.2) is 4.39 Å². The minimum atomic E-state index is -0.341. The van der Waals surface area contributed by atoms with Crippen molar-refractivity contribution in [1.82, 2.24) is 14.8 Å². The first-order chi connectivity index (χ1) is 14.6. The monoisotopic (exact) mass is 418 g/mol. The quantitative estimate of drug-likeness (QED) is 0.393. The summed E-state index contributed by atoms with van der Waals surface area (Å²) in [6.45, 7) is 2.86. The number of aromatic nitrogens is 3. The average Bonchev–Trinajstić information content (AvgIpc) is 3.38. The minimum Gasteiger partial charge on any atom is -0.354 e. The van der Waals surface area contributed by atoms with Gasteiger partial charge in [0.05, 0.1) is 27.7 Å². The Kier molecular flexibility index (Phi) is 4.75. The van der Waals surface area contributed by atoms with Crippen molar-refractivity contribution >= 4 is 34.3 Å². The molecule has 1 aliphatic rings. The van der Waals surface area contributed by atoms with Crippen molar-refractivity contribution in [2.75, 3.05) is 0 Å². The summed E-state index contributed by atoms with van der Waals surface area (Å²) >= 11 is 6.25. The molecule has 30 heavy (non-hydrogen) atoms. The summed E-state index contributed by atoms with van der Waals surface area (Å²) in [4.78, 5) is 7.56. The zero-order valence-electron chi connectivity index (χ0n) is 16.5. The highest BCUT2D eigenvalue weighted by Crippen LogP contribution is 2.34. The largest absolute Gasteiger partial charge is 0.354 e. The summed E-state index contributed by atoms with van der Waals surface area (Å²) in [5.74, 6) is -0.341. The number of nitrogens with zero attached hydrogens (tertiary/aromatic N) is 3. The van der Waals surface area contributed by atoms with Crippen molar-refractivity contribution in [3.05, 3.63) is 71.3 Å². The van der Waals surface area contributed by atoms with Gasteiger partial charge in [0.25, 0.3) is 0 Å². The number of hydrogen-bond donors (Lipinski definition) is 1. The Hall–Kier alpha value is -3.18. The van der Waals surface area contributed by atoms with E-state index in [4.69, 9.17) is 16.7 Å². The van der Waals surface area contributed by atoms with Crippen molar-refractivity contribution in [3.8, 4) is 22.5 Å². The number of rotatable bonds is 4. The van der Waals surface area contributed by atoms with E-state index in [-0.39, 0.29) is 5.82 Å². The van der Waals surface area contributed by atoms with E-state index in [1.165, 1.54) is 6.07 Å². The van der Waals surface area contributed by atoms with E-state index in [0.717, 1.165) is 52.8 Å². The average molecular weight is 419 g/mol. The third-order valence-corrected chi connectivity index (χ3v) is 5.75. The third-order valence-electron chi connectivity index (χ3n) is 5.44. The van der Waals surface area contributed by atoms with Gasteiger partial charge in [-0.05, 0) is 61.7 Å². The first-order valence-corrected chi connectivity index (χ1v) is 10.4.